The van der Waals surface area contributed by atoms with Crippen LogP contribution >= 0.6 is 0 Å². The maximum Gasteiger partial charge on any atom is 0.350 e. The third-order valence-corrected chi connectivity index (χ3v) is 2.00. The molecule has 5 nitrogen and oxygen atoms in total. The molecule has 0 aromatic carbocycles. The molecular formula is C10H9NO4. The van der Waals surface area contributed by atoms with Crippen LogP contribution in [0.4, 0.5) is 0 Å². The Balaban J connectivity index is 2.38. The minimum atomic E-state index is -0.659. The van der Waals surface area contributed by atoms with Gasteiger partial charge >= 0.3 is 11.9 Å². The van der Waals surface area contributed by atoms with Gasteiger partial charge in [-0.2, -0.15) is 0 Å². The zero-order chi connectivity index (χ0) is 10.8. The van der Waals surface area contributed by atoms with Gasteiger partial charge in [-0.3, -0.25) is 0 Å². The Morgan fingerprint density at radius 1 is 1.27 bits per heavy atom. The summed E-state index contributed by atoms with van der Waals surface area (Å²) in [5.41, 5.74) is 1.15. The van der Waals surface area contributed by atoms with Crippen molar-refractivity contribution >= 4 is 11.9 Å². The SMILES string of the molecule is CC1=CC=CC(=C2C(=O)OCOC2=O)N1. The quantitative estimate of drug-likeness (QED) is 0.353. The first-order chi connectivity index (χ1) is 7.18. The van der Waals surface area contributed by atoms with Crippen LogP contribution in [0, 0.1) is 0 Å². The first-order valence-electron chi connectivity index (χ1n) is 4.39. The van der Waals surface area contributed by atoms with E-state index >= 15 is 0 Å². The van der Waals surface area contributed by atoms with Crippen LogP contribution in [0.1, 0.15) is 6.92 Å². The number of hydrogen-bond donors (Lipinski definition) is 1. The summed E-state index contributed by atoms with van der Waals surface area (Å²) in [6.07, 6.45) is 5.18. The van der Waals surface area contributed by atoms with Crippen molar-refractivity contribution in [3.8, 4) is 0 Å². The fourth-order valence-electron chi connectivity index (χ4n) is 1.31. The third-order valence-electron chi connectivity index (χ3n) is 2.00. The molecule has 0 amide bonds. The average molecular weight is 207 g/mol. The minimum Gasteiger partial charge on any atom is -0.424 e. The molecule has 1 fully saturated rings. The molecule has 0 bridgehead atoms. The Morgan fingerprint density at radius 3 is 2.53 bits per heavy atom. The molecule has 1 saturated heterocycles. The van der Waals surface area contributed by atoms with E-state index in [1.807, 2.05) is 13.0 Å². The van der Waals surface area contributed by atoms with Crippen molar-refractivity contribution in [2.75, 3.05) is 6.79 Å². The number of esters is 2. The van der Waals surface area contributed by atoms with E-state index in [1.54, 1.807) is 12.2 Å². The van der Waals surface area contributed by atoms with Crippen LogP contribution in [-0.4, -0.2) is 18.7 Å². The topological polar surface area (TPSA) is 64.6 Å². The Kier molecular flexibility index (Phi) is 2.29. The Hall–Kier alpha value is -2.04. The highest BCUT2D eigenvalue weighted by Gasteiger charge is 2.30. The number of ether oxygens (including phenoxy) is 2. The van der Waals surface area contributed by atoms with Crippen LogP contribution in [0.5, 0.6) is 0 Å². The van der Waals surface area contributed by atoms with E-state index in [0.29, 0.717) is 5.70 Å². The molecule has 2 aliphatic rings. The minimum absolute atomic E-state index is 0.0926. The number of dihydropyridines is 1. The molecule has 0 aromatic rings. The van der Waals surface area contributed by atoms with Gasteiger partial charge in [0.15, 0.2) is 5.57 Å². The number of cyclic esters (lactones) is 2. The summed E-state index contributed by atoms with van der Waals surface area (Å²) in [6, 6.07) is 0. The number of allylic oxidation sites excluding steroid dienone is 4. The summed E-state index contributed by atoms with van der Waals surface area (Å²) in [5.74, 6) is -1.32. The number of nitrogens with one attached hydrogen (secondary N) is 1. The Bertz CT molecular complexity index is 399. The summed E-state index contributed by atoms with van der Waals surface area (Å²) in [6.45, 7) is 1.51. The van der Waals surface area contributed by atoms with Crippen molar-refractivity contribution in [1.29, 1.82) is 0 Å². The molecule has 2 rings (SSSR count). The molecule has 1 N–H and O–H groups in total. The fourth-order valence-corrected chi connectivity index (χ4v) is 1.31. The molecule has 0 unspecified atom stereocenters. The molecule has 0 spiro atoms. The predicted molar refractivity (Wildman–Crippen MR) is 50.1 cm³/mol. The molecule has 0 aliphatic carbocycles. The first-order valence-corrected chi connectivity index (χ1v) is 4.39. The second-order valence-corrected chi connectivity index (χ2v) is 3.10. The number of carbonyl (C=O) groups excluding carboxylic acids is 2. The Morgan fingerprint density at radius 2 is 1.93 bits per heavy atom. The van der Waals surface area contributed by atoms with Gasteiger partial charge in [0, 0.05) is 5.70 Å². The highest BCUT2D eigenvalue weighted by atomic mass is 16.7. The van der Waals surface area contributed by atoms with Crippen molar-refractivity contribution in [1.82, 2.24) is 5.32 Å². The largest absolute Gasteiger partial charge is 0.424 e. The van der Waals surface area contributed by atoms with E-state index < -0.39 is 11.9 Å². The Labute approximate surface area is 86.0 Å². The molecule has 0 aromatic heterocycles. The molecule has 5 heteroatoms. The first kappa shape index (κ1) is 9.51. The van der Waals surface area contributed by atoms with Crippen molar-refractivity contribution in [3.63, 3.8) is 0 Å². The van der Waals surface area contributed by atoms with Gasteiger partial charge in [-0.1, -0.05) is 6.08 Å². The molecule has 0 atom stereocenters. The second kappa shape index (κ2) is 3.61. The maximum atomic E-state index is 11.3. The van der Waals surface area contributed by atoms with Gasteiger partial charge in [0.2, 0.25) is 6.79 Å². The van der Waals surface area contributed by atoms with E-state index in [2.05, 4.69) is 14.8 Å². The van der Waals surface area contributed by atoms with Crippen LogP contribution in [0.15, 0.2) is 35.2 Å². The van der Waals surface area contributed by atoms with Crippen molar-refractivity contribution < 1.29 is 19.1 Å². The normalized spacial score (nSPS) is 20.5. The van der Waals surface area contributed by atoms with Crippen LogP contribution in [0.2, 0.25) is 0 Å². The molecular weight excluding hydrogens is 198 g/mol. The van der Waals surface area contributed by atoms with Crippen molar-refractivity contribution in [2.24, 2.45) is 0 Å². The van der Waals surface area contributed by atoms with Gasteiger partial charge < -0.3 is 14.8 Å². The lowest BCUT2D eigenvalue weighted by atomic mass is 10.1. The summed E-state index contributed by atoms with van der Waals surface area (Å²) in [7, 11) is 0. The lowest BCUT2D eigenvalue weighted by Gasteiger charge is -2.18. The molecule has 2 aliphatic heterocycles. The van der Waals surface area contributed by atoms with Gasteiger partial charge in [0.05, 0.1) is 5.70 Å². The molecule has 0 radical (unpaired) electrons. The average Bonchev–Trinajstić information content (AvgIpc) is 2.17. The monoisotopic (exact) mass is 207 g/mol. The van der Waals surface area contributed by atoms with E-state index in [9.17, 15) is 9.59 Å². The lowest BCUT2D eigenvalue weighted by Crippen LogP contribution is -2.31. The highest BCUT2D eigenvalue weighted by molar-refractivity contribution is 6.16. The third kappa shape index (κ3) is 1.76. The number of hydrogen-bond acceptors (Lipinski definition) is 5. The number of carbonyl (C=O) groups is 2. The van der Waals surface area contributed by atoms with E-state index in [-0.39, 0.29) is 12.4 Å². The lowest BCUT2D eigenvalue weighted by molar-refractivity contribution is -0.172. The summed E-state index contributed by atoms with van der Waals surface area (Å²) in [4.78, 5) is 22.7. The fraction of sp³-hybridized carbons (Fsp3) is 0.200. The van der Waals surface area contributed by atoms with Crippen LogP contribution in [-0.2, 0) is 19.1 Å². The van der Waals surface area contributed by atoms with Gasteiger partial charge in [0.1, 0.15) is 0 Å². The van der Waals surface area contributed by atoms with Crippen LogP contribution in [0.3, 0.4) is 0 Å². The van der Waals surface area contributed by atoms with E-state index in [0.717, 1.165) is 5.70 Å². The molecule has 0 saturated carbocycles. The van der Waals surface area contributed by atoms with Gasteiger partial charge in [-0.25, -0.2) is 9.59 Å². The standard InChI is InChI=1S/C10H9NO4/c1-6-3-2-4-7(11-6)8-9(12)14-5-15-10(8)13/h2-4,11H,5H2,1H3. The second-order valence-electron chi connectivity index (χ2n) is 3.10. The number of rotatable bonds is 0. The van der Waals surface area contributed by atoms with Crippen molar-refractivity contribution in [2.45, 2.75) is 6.92 Å². The highest BCUT2D eigenvalue weighted by Crippen LogP contribution is 2.16. The summed E-state index contributed by atoms with van der Waals surface area (Å²) >= 11 is 0. The van der Waals surface area contributed by atoms with Crippen LogP contribution in [0.25, 0.3) is 0 Å². The zero-order valence-electron chi connectivity index (χ0n) is 8.07. The zero-order valence-corrected chi connectivity index (χ0v) is 8.07. The van der Waals surface area contributed by atoms with Gasteiger partial charge in [-0.15, -0.1) is 0 Å². The van der Waals surface area contributed by atoms with Gasteiger partial charge in [-0.05, 0) is 19.1 Å². The molecule has 2 heterocycles. The smallest absolute Gasteiger partial charge is 0.350 e. The van der Waals surface area contributed by atoms with E-state index in [1.165, 1.54) is 0 Å². The van der Waals surface area contributed by atoms with Crippen LogP contribution < -0.4 is 5.32 Å². The maximum absolute atomic E-state index is 11.3. The van der Waals surface area contributed by atoms with E-state index in [4.69, 9.17) is 0 Å². The van der Waals surface area contributed by atoms with Gasteiger partial charge in [0.25, 0.3) is 0 Å². The molecule has 15 heavy (non-hydrogen) atoms. The predicted octanol–water partition coefficient (Wildman–Crippen LogP) is 0.361. The molecule has 78 valence electrons. The summed E-state index contributed by atoms with van der Waals surface area (Å²) < 4.78 is 9.23. The van der Waals surface area contributed by atoms with Crippen molar-refractivity contribution in [3.05, 3.63) is 35.2 Å². The summed E-state index contributed by atoms with van der Waals surface area (Å²) in [5, 5.41) is 2.90.